The second-order valence-electron chi connectivity index (χ2n) is 4.53. The number of halogens is 3. The van der Waals surface area contributed by atoms with E-state index in [-0.39, 0.29) is 10.6 Å². The number of benzene rings is 2. The maximum Gasteiger partial charge on any atom is 0.161 e. The normalized spacial score (nSPS) is 12.0. The van der Waals surface area contributed by atoms with E-state index in [1.54, 1.807) is 26.4 Å². The van der Waals surface area contributed by atoms with Crippen LogP contribution in [0.25, 0.3) is 0 Å². The van der Waals surface area contributed by atoms with Gasteiger partial charge in [0.2, 0.25) is 0 Å². The zero-order chi connectivity index (χ0) is 15.4. The summed E-state index contributed by atoms with van der Waals surface area (Å²) in [5, 5.41) is 0. The SMILES string of the molecule is COc1cc(Br)c(C(Br)Cc2cccc(F)c2)cc1OC. The van der Waals surface area contributed by atoms with Crippen LogP contribution in [-0.4, -0.2) is 14.2 Å². The van der Waals surface area contributed by atoms with E-state index in [9.17, 15) is 4.39 Å². The molecule has 5 heteroatoms. The summed E-state index contributed by atoms with van der Waals surface area (Å²) >= 11 is 7.20. The lowest BCUT2D eigenvalue weighted by atomic mass is 10.0. The Kier molecular flexibility index (Phi) is 5.65. The third-order valence-corrected chi connectivity index (χ3v) is 4.65. The molecule has 1 atom stereocenters. The highest BCUT2D eigenvalue weighted by atomic mass is 79.9. The Morgan fingerprint density at radius 3 is 2.38 bits per heavy atom. The van der Waals surface area contributed by atoms with Gasteiger partial charge in [-0.25, -0.2) is 4.39 Å². The fourth-order valence-corrected chi connectivity index (χ4v) is 3.75. The number of hydrogen-bond acceptors (Lipinski definition) is 2. The second kappa shape index (κ2) is 7.27. The van der Waals surface area contributed by atoms with Gasteiger partial charge in [0.15, 0.2) is 11.5 Å². The van der Waals surface area contributed by atoms with Gasteiger partial charge in [0.1, 0.15) is 5.82 Å². The molecule has 1 unspecified atom stereocenters. The average molecular weight is 418 g/mol. The molecule has 2 aromatic rings. The van der Waals surface area contributed by atoms with Crippen LogP contribution in [-0.2, 0) is 6.42 Å². The second-order valence-corrected chi connectivity index (χ2v) is 6.49. The molecule has 0 saturated heterocycles. The smallest absolute Gasteiger partial charge is 0.161 e. The van der Waals surface area contributed by atoms with E-state index >= 15 is 0 Å². The molecule has 2 rings (SSSR count). The van der Waals surface area contributed by atoms with Crippen LogP contribution in [0.1, 0.15) is 16.0 Å². The van der Waals surface area contributed by atoms with Crippen LogP contribution in [0.2, 0.25) is 0 Å². The first-order valence-electron chi connectivity index (χ1n) is 6.35. The molecule has 0 heterocycles. The third-order valence-electron chi connectivity index (χ3n) is 3.14. The topological polar surface area (TPSA) is 18.5 Å². The first kappa shape index (κ1) is 16.3. The molecule has 2 nitrogen and oxygen atoms in total. The molecule has 112 valence electrons. The lowest BCUT2D eigenvalue weighted by molar-refractivity contribution is 0.354. The maximum atomic E-state index is 13.3. The lowest BCUT2D eigenvalue weighted by Crippen LogP contribution is -1.99. The van der Waals surface area contributed by atoms with Gasteiger partial charge in [-0.1, -0.05) is 44.0 Å². The average Bonchev–Trinajstić information content (AvgIpc) is 2.46. The number of methoxy groups -OCH3 is 2. The van der Waals surface area contributed by atoms with Crippen LogP contribution in [0.4, 0.5) is 4.39 Å². The van der Waals surface area contributed by atoms with Crippen LogP contribution in [0.15, 0.2) is 40.9 Å². The van der Waals surface area contributed by atoms with Crippen LogP contribution >= 0.6 is 31.9 Å². The number of ether oxygens (including phenoxy) is 2. The highest BCUT2D eigenvalue weighted by Crippen LogP contribution is 2.39. The summed E-state index contributed by atoms with van der Waals surface area (Å²) in [4.78, 5) is 0.0356. The molecule has 0 aliphatic rings. The van der Waals surface area contributed by atoms with Crippen LogP contribution in [0.3, 0.4) is 0 Å². The number of rotatable bonds is 5. The summed E-state index contributed by atoms with van der Waals surface area (Å²) in [5.74, 6) is 1.11. The van der Waals surface area contributed by atoms with Gasteiger partial charge in [-0.2, -0.15) is 0 Å². The van der Waals surface area contributed by atoms with Crippen molar-refractivity contribution in [2.75, 3.05) is 14.2 Å². The van der Waals surface area contributed by atoms with Crippen LogP contribution in [0.5, 0.6) is 11.5 Å². The van der Waals surface area contributed by atoms with Crippen molar-refractivity contribution in [2.45, 2.75) is 11.2 Å². The minimum Gasteiger partial charge on any atom is -0.493 e. The fourth-order valence-electron chi connectivity index (χ4n) is 2.09. The summed E-state index contributed by atoms with van der Waals surface area (Å²) in [6.07, 6.45) is 0.672. The Morgan fingerprint density at radius 1 is 1.10 bits per heavy atom. The molecule has 0 N–H and O–H groups in total. The van der Waals surface area contributed by atoms with Crippen molar-refractivity contribution in [1.82, 2.24) is 0 Å². The molecule has 0 spiro atoms. The predicted octanol–water partition coefficient (Wildman–Crippen LogP) is 5.28. The van der Waals surface area contributed by atoms with Gasteiger partial charge in [-0.15, -0.1) is 0 Å². The molecular weight excluding hydrogens is 403 g/mol. The van der Waals surface area contributed by atoms with Crippen molar-refractivity contribution in [3.8, 4) is 11.5 Å². The third kappa shape index (κ3) is 3.98. The summed E-state index contributed by atoms with van der Waals surface area (Å²) in [6, 6.07) is 10.4. The molecule has 2 aromatic carbocycles. The molecule has 0 aliphatic heterocycles. The molecule has 0 aliphatic carbocycles. The van der Waals surface area contributed by atoms with E-state index in [0.717, 1.165) is 15.6 Å². The van der Waals surface area contributed by atoms with Crippen LogP contribution < -0.4 is 9.47 Å². The van der Waals surface area contributed by atoms with Crippen molar-refractivity contribution in [2.24, 2.45) is 0 Å². The Balaban J connectivity index is 2.28. The fraction of sp³-hybridized carbons (Fsp3) is 0.250. The highest BCUT2D eigenvalue weighted by molar-refractivity contribution is 9.11. The molecule has 0 saturated carbocycles. The Labute approximate surface area is 140 Å². The van der Waals surface area contributed by atoms with Gasteiger partial charge in [0.25, 0.3) is 0 Å². The lowest BCUT2D eigenvalue weighted by Gasteiger charge is -2.16. The minimum atomic E-state index is -0.224. The standard InChI is InChI=1S/C16H15Br2FO2/c1-20-15-8-12(14(18)9-16(15)21-2)13(17)7-10-4-3-5-11(19)6-10/h3-6,8-9,13H,7H2,1-2H3. The van der Waals surface area contributed by atoms with Crippen molar-refractivity contribution in [1.29, 1.82) is 0 Å². The number of alkyl halides is 1. The molecule has 21 heavy (non-hydrogen) atoms. The minimum absolute atomic E-state index is 0.0356. The van der Waals surface area contributed by atoms with Gasteiger partial charge in [0, 0.05) is 9.30 Å². The van der Waals surface area contributed by atoms with E-state index in [4.69, 9.17) is 9.47 Å². The quantitative estimate of drug-likeness (QED) is 0.615. The van der Waals surface area contributed by atoms with Gasteiger partial charge in [0.05, 0.1) is 14.2 Å². The zero-order valence-corrected chi connectivity index (χ0v) is 14.9. The molecule has 0 bridgehead atoms. The van der Waals surface area contributed by atoms with E-state index < -0.39 is 0 Å². The van der Waals surface area contributed by atoms with Crippen molar-refractivity contribution < 1.29 is 13.9 Å². The Bertz CT molecular complexity index is 632. The van der Waals surface area contributed by atoms with Gasteiger partial charge >= 0.3 is 0 Å². The van der Waals surface area contributed by atoms with Gasteiger partial charge in [-0.05, 0) is 41.8 Å². The monoisotopic (exact) mass is 416 g/mol. The van der Waals surface area contributed by atoms with Crippen molar-refractivity contribution in [3.05, 3.63) is 57.8 Å². The molecular formula is C16H15Br2FO2. The summed E-state index contributed by atoms with van der Waals surface area (Å²) in [6.45, 7) is 0. The number of hydrogen-bond donors (Lipinski definition) is 0. The van der Waals surface area contributed by atoms with Gasteiger partial charge in [-0.3, -0.25) is 0 Å². The highest BCUT2D eigenvalue weighted by Gasteiger charge is 2.16. The van der Waals surface area contributed by atoms with E-state index in [1.165, 1.54) is 6.07 Å². The maximum absolute atomic E-state index is 13.3. The molecule has 0 radical (unpaired) electrons. The van der Waals surface area contributed by atoms with E-state index in [1.807, 2.05) is 18.2 Å². The van der Waals surface area contributed by atoms with E-state index in [0.29, 0.717) is 17.9 Å². The summed E-state index contributed by atoms with van der Waals surface area (Å²) < 4.78 is 24.8. The first-order valence-corrected chi connectivity index (χ1v) is 8.06. The predicted molar refractivity (Wildman–Crippen MR) is 89.0 cm³/mol. The summed E-state index contributed by atoms with van der Waals surface area (Å²) in [7, 11) is 3.20. The molecule has 0 fully saturated rings. The van der Waals surface area contributed by atoms with Crippen LogP contribution in [0, 0.1) is 5.82 Å². The summed E-state index contributed by atoms with van der Waals surface area (Å²) in [5.41, 5.74) is 1.95. The van der Waals surface area contributed by atoms with Crippen molar-refractivity contribution >= 4 is 31.9 Å². The molecule has 0 amide bonds. The first-order chi connectivity index (χ1) is 10.0. The van der Waals surface area contributed by atoms with Gasteiger partial charge < -0.3 is 9.47 Å². The van der Waals surface area contributed by atoms with E-state index in [2.05, 4.69) is 31.9 Å². The Morgan fingerprint density at radius 2 is 1.76 bits per heavy atom. The molecule has 0 aromatic heterocycles. The largest absolute Gasteiger partial charge is 0.493 e. The zero-order valence-electron chi connectivity index (χ0n) is 11.7. The van der Waals surface area contributed by atoms with Crippen molar-refractivity contribution in [3.63, 3.8) is 0 Å². The Hall–Kier alpha value is -1.07.